The number of benzene rings is 2. The van der Waals surface area contributed by atoms with E-state index in [1.165, 1.54) is 0 Å². The summed E-state index contributed by atoms with van der Waals surface area (Å²) in [7, 11) is 1.75. The molecule has 3 rings (SSSR count). The molecule has 1 aromatic heterocycles. The first-order valence-corrected chi connectivity index (χ1v) is 9.09. The maximum absolute atomic E-state index is 12.7. The maximum Gasteiger partial charge on any atom is 0.255 e. The van der Waals surface area contributed by atoms with Crippen molar-refractivity contribution in [2.45, 2.75) is 13.8 Å². The van der Waals surface area contributed by atoms with Gasteiger partial charge in [0, 0.05) is 30.4 Å². The third-order valence-electron chi connectivity index (χ3n) is 4.61. The Morgan fingerprint density at radius 3 is 2.57 bits per heavy atom. The van der Waals surface area contributed by atoms with Gasteiger partial charge in [-0.2, -0.15) is 0 Å². The molecule has 0 saturated carbocycles. The summed E-state index contributed by atoms with van der Waals surface area (Å²) in [6.45, 7) is 5.07. The predicted octanol–water partition coefficient (Wildman–Crippen LogP) is 3.72. The molecule has 3 aromatic rings. The Morgan fingerprint density at radius 1 is 1.13 bits per heavy atom. The van der Waals surface area contributed by atoms with Crippen molar-refractivity contribution in [1.29, 1.82) is 0 Å². The van der Waals surface area contributed by atoms with Crippen LogP contribution < -0.4 is 11.1 Å². The zero-order chi connectivity index (χ0) is 20.3. The second kappa shape index (κ2) is 10.4. The number of hydrogen-bond acceptors (Lipinski definition) is 4. The van der Waals surface area contributed by atoms with E-state index in [0.717, 1.165) is 11.0 Å². The van der Waals surface area contributed by atoms with Gasteiger partial charge in [0.25, 0.3) is 11.8 Å². The Morgan fingerprint density at radius 2 is 1.87 bits per heavy atom. The van der Waals surface area contributed by atoms with Gasteiger partial charge in [0.1, 0.15) is 0 Å². The van der Waals surface area contributed by atoms with E-state index in [-0.39, 0.29) is 42.0 Å². The first-order valence-electron chi connectivity index (χ1n) is 9.09. The van der Waals surface area contributed by atoms with Crippen LogP contribution in [-0.2, 0) is 0 Å². The van der Waals surface area contributed by atoms with Crippen LogP contribution in [0.3, 0.4) is 0 Å². The van der Waals surface area contributed by atoms with E-state index < -0.39 is 0 Å². The monoisotopic (exact) mass is 451 g/mol. The zero-order valence-corrected chi connectivity index (χ0v) is 18.8. The van der Waals surface area contributed by atoms with Crippen LogP contribution in [0, 0.1) is 5.41 Å². The molecule has 162 valence electrons. The van der Waals surface area contributed by atoms with E-state index in [1.807, 2.05) is 13.8 Å². The minimum Gasteiger partial charge on any atom is -0.345 e. The molecule has 2 amide bonds. The van der Waals surface area contributed by atoms with Crippen molar-refractivity contribution in [2.24, 2.45) is 11.1 Å². The fourth-order valence-corrected chi connectivity index (χ4v) is 3.01. The Hall–Kier alpha value is -2.61. The first-order chi connectivity index (χ1) is 13.3. The fourth-order valence-electron chi connectivity index (χ4n) is 3.01. The molecule has 0 spiro atoms. The third-order valence-corrected chi connectivity index (χ3v) is 4.61. The SMILES string of the molecule is CN(CC(C)(C)CN)C(=O)c1cccc(NC(=O)c2ccc3nc[nH]c3c2)c1.Cl.Cl. The van der Waals surface area contributed by atoms with Crippen LogP contribution in [0.1, 0.15) is 34.6 Å². The van der Waals surface area contributed by atoms with Crippen molar-refractivity contribution >= 4 is 53.3 Å². The number of rotatable bonds is 6. The number of aromatic amines is 1. The normalized spacial score (nSPS) is 10.7. The highest BCUT2D eigenvalue weighted by Gasteiger charge is 2.22. The van der Waals surface area contributed by atoms with Crippen LogP contribution in [0.5, 0.6) is 0 Å². The first kappa shape index (κ1) is 25.4. The highest BCUT2D eigenvalue weighted by Crippen LogP contribution is 2.18. The number of imidazole rings is 1. The summed E-state index contributed by atoms with van der Waals surface area (Å²) in [5.41, 5.74) is 8.77. The summed E-state index contributed by atoms with van der Waals surface area (Å²) in [5.74, 6) is -0.366. The van der Waals surface area contributed by atoms with Crippen molar-refractivity contribution < 1.29 is 9.59 Å². The second-order valence-electron chi connectivity index (χ2n) is 7.70. The lowest BCUT2D eigenvalue weighted by Crippen LogP contribution is -2.39. The number of nitrogens with two attached hydrogens (primary N) is 1. The number of nitrogens with one attached hydrogen (secondary N) is 2. The van der Waals surface area contributed by atoms with Gasteiger partial charge in [-0.15, -0.1) is 24.8 Å². The fraction of sp³-hybridized carbons (Fsp3) is 0.286. The molecule has 0 bridgehead atoms. The topological polar surface area (TPSA) is 104 Å². The lowest BCUT2D eigenvalue weighted by atomic mass is 9.93. The van der Waals surface area contributed by atoms with Gasteiger partial charge in [-0.1, -0.05) is 19.9 Å². The van der Waals surface area contributed by atoms with Crippen LogP contribution in [0.15, 0.2) is 48.8 Å². The van der Waals surface area contributed by atoms with Crippen LogP contribution in [0.25, 0.3) is 11.0 Å². The molecule has 0 unspecified atom stereocenters. The summed E-state index contributed by atoms with van der Waals surface area (Å²) in [6.07, 6.45) is 1.59. The minimum absolute atomic E-state index is 0. The number of fused-ring (bicyclic) bond motifs is 1. The molecule has 7 nitrogen and oxygen atoms in total. The lowest BCUT2D eigenvalue weighted by Gasteiger charge is -2.29. The number of anilines is 1. The molecule has 0 aliphatic rings. The number of carbonyl (C=O) groups excluding carboxylic acids is 2. The molecule has 0 aliphatic heterocycles. The van der Waals surface area contributed by atoms with E-state index in [4.69, 9.17) is 5.73 Å². The molecular formula is C21H27Cl2N5O2. The largest absolute Gasteiger partial charge is 0.345 e. The van der Waals surface area contributed by atoms with Crippen molar-refractivity contribution in [3.8, 4) is 0 Å². The number of aromatic nitrogens is 2. The van der Waals surface area contributed by atoms with Crippen LogP contribution in [0.4, 0.5) is 5.69 Å². The molecular weight excluding hydrogens is 425 g/mol. The van der Waals surface area contributed by atoms with E-state index in [1.54, 1.807) is 60.7 Å². The molecule has 0 fully saturated rings. The van der Waals surface area contributed by atoms with Crippen molar-refractivity contribution in [3.05, 3.63) is 59.9 Å². The average Bonchev–Trinajstić information content (AvgIpc) is 3.15. The summed E-state index contributed by atoms with van der Waals surface area (Å²) in [6, 6.07) is 12.2. The smallest absolute Gasteiger partial charge is 0.255 e. The van der Waals surface area contributed by atoms with E-state index >= 15 is 0 Å². The predicted molar refractivity (Wildman–Crippen MR) is 125 cm³/mol. The van der Waals surface area contributed by atoms with Gasteiger partial charge < -0.3 is 20.9 Å². The number of halogens is 2. The van der Waals surface area contributed by atoms with Crippen LogP contribution in [-0.4, -0.2) is 46.8 Å². The molecule has 0 saturated heterocycles. The van der Waals surface area contributed by atoms with Gasteiger partial charge in [-0.25, -0.2) is 4.98 Å². The molecule has 0 radical (unpaired) electrons. The highest BCUT2D eigenvalue weighted by molar-refractivity contribution is 6.06. The lowest BCUT2D eigenvalue weighted by molar-refractivity contribution is 0.0740. The summed E-state index contributed by atoms with van der Waals surface area (Å²) in [5, 5.41) is 2.84. The Balaban J connectivity index is 0.00000225. The molecule has 0 atom stereocenters. The van der Waals surface area contributed by atoms with Gasteiger partial charge in [0.05, 0.1) is 17.4 Å². The van der Waals surface area contributed by atoms with Crippen molar-refractivity contribution in [2.75, 3.05) is 25.5 Å². The number of hydrogen-bond donors (Lipinski definition) is 3. The van der Waals surface area contributed by atoms with E-state index in [2.05, 4.69) is 15.3 Å². The van der Waals surface area contributed by atoms with Gasteiger partial charge in [0.2, 0.25) is 0 Å². The Kier molecular flexibility index (Phi) is 8.84. The van der Waals surface area contributed by atoms with Gasteiger partial charge >= 0.3 is 0 Å². The zero-order valence-electron chi connectivity index (χ0n) is 17.1. The van der Waals surface area contributed by atoms with Gasteiger partial charge in [0.15, 0.2) is 0 Å². The molecule has 9 heteroatoms. The number of H-pyrrole nitrogens is 1. The maximum atomic E-state index is 12.7. The molecule has 30 heavy (non-hydrogen) atoms. The number of nitrogens with zero attached hydrogens (tertiary/aromatic N) is 2. The highest BCUT2D eigenvalue weighted by atomic mass is 35.5. The van der Waals surface area contributed by atoms with Crippen LogP contribution >= 0.6 is 24.8 Å². The number of carbonyl (C=O) groups is 2. The van der Waals surface area contributed by atoms with Gasteiger partial charge in [-0.05, 0) is 48.4 Å². The van der Waals surface area contributed by atoms with E-state index in [0.29, 0.717) is 29.9 Å². The van der Waals surface area contributed by atoms with E-state index in [9.17, 15) is 9.59 Å². The molecule has 2 aromatic carbocycles. The number of amides is 2. The standard InChI is InChI=1S/C21H25N5O2.2ClH/c1-21(2,11-22)12-26(3)20(28)15-5-4-6-16(9-15)25-19(27)14-7-8-17-18(10-14)24-13-23-17;;/h4-10,13H,11-12,22H2,1-3H3,(H,23,24)(H,25,27);2*1H. The second-order valence-corrected chi connectivity index (χ2v) is 7.70. The Labute approximate surface area is 188 Å². The Bertz CT molecular complexity index is 1020. The summed E-state index contributed by atoms with van der Waals surface area (Å²) in [4.78, 5) is 34.1. The molecule has 1 heterocycles. The summed E-state index contributed by atoms with van der Waals surface area (Å²) < 4.78 is 0. The van der Waals surface area contributed by atoms with Crippen molar-refractivity contribution in [3.63, 3.8) is 0 Å². The summed E-state index contributed by atoms with van der Waals surface area (Å²) >= 11 is 0. The van der Waals surface area contributed by atoms with Gasteiger partial charge in [-0.3, -0.25) is 9.59 Å². The third kappa shape index (κ3) is 5.95. The van der Waals surface area contributed by atoms with Crippen molar-refractivity contribution in [1.82, 2.24) is 14.9 Å². The molecule has 4 N–H and O–H groups in total. The average molecular weight is 452 g/mol. The molecule has 0 aliphatic carbocycles. The quantitative estimate of drug-likeness (QED) is 0.530. The van der Waals surface area contributed by atoms with Crippen LogP contribution in [0.2, 0.25) is 0 Å². The minimum atomic E-state index is -0.251.